The van der Waals surface area contributed by atoms with Crippen LogP contribution in [0.4, 0.5) is 0 Å². The van der Waals surface area contributed by atoms with Gasteiger partial charge in [-0.1, -0.05) is 37.3 Å². The van der Waals surface area contributed by atoms with Crippen molar-refractivity contribution in [2.45, 2.75) is 39.0 Å². The maximum atomic E-state index is 12.4. The second kappa shape index (κ2) is 9.06. The van der Waals surface area contributed by atoms with Crippen molar-refractivity contribution in [3.8, 4) is 0 Å². The van der Waals surface area contributed by atoms with Crippen LogP contribution in [-0.2, 0) is 11.2 Å². The summed E-state index contributed by atoms with van der Waals surface area (Å²) in [5, 5.41) is 0. The molecule has 0 bridgehead atoms. The first-order chi connectivity index (χ1) is 12.6. The summed E-state index contributed by atoms with van der Waals surface area (Å²) in [5.74, 6) is 2.07. The fourth-order valence-electron chi connectivity index (χ4n) is 3.92. The molecule has 1 aromatic carbocycles. The number of piperidine rings is 2. The second-order valence-electron chi connectivity index (χ2n) is 7.86. The topological polar surface area (TPSA) is 61.9 Å². The molecule has 2 saturated heterocycles. The highest BCUT2D eigenvalue weighted by atomic mass is 16.2. The Bertz CT molecular complexity index is 600. The Hall–Kier alpha value is -2.04. The average molecular weight is 357 g/mol. The summed E-state index contributed by atoms with van der Waals surface area (Å²) in [6.45, 7) is 6.04. The molecule has 0 atom stereocenters. The molecular formula is C21H32N4O. The average Bonchev–Trinajstić information content (AvgIpc) is 2.68. The Morgan fingerprint density at radius 2 is 1.65 bits per heavy atom. The van der Waals surface area contributed by atoms with Crippen LogP contribution in [0, 0.1) is 11.8 Å². The molecule has 142 valence electrons. The molecule has 5 nitrogen and oxygen atoms in total. The molecular weight excluding hydrogens is 324 g/mol. The predicted octanol–water partition coefficient (Wildman–Crippen LogP) is 2.51. The number of hydrogen-bond acceptors (Lipinski definition) is 2. The molecule has 0 aromatic heterocycles. The van der Waals surface area contributed by atoms with Gasteiger partial charge in [0.05, 0.1) is 0 Å². The maximum absolute atomic E-state index is 12.4. The van der Waals surface area contributed by atoms with Gasteiger partial charge in [0.2, 0.25) is 5.91 Å². The number of guanidine groups is 1. The van der Waals surface area contributed by atoms with Crippen molar-refractivity contribution in [1.82, 2.24) is 9.80 Å². The number of hydrogen-bond donors (Lipinski definition) is 1. The second-order valence-corrected chi connectivity index (χ2v) is 7.86. The molecule has 3 rings (SSSR count). The molecule has 2 aliphatic rings. The van der Waals surface area contributed by atoms with E-state index in [0.717, 1.165) is 64.2 Å². The summed E-state index contributed by atoms with van der Waals surface area (Å²) >= 11 is 0. The lowest BCUT2D eigenvalue weighted by Gasteiger charge is -2.32. The molecule has 0 radical (unpaired) electrons. The number of likely N-dealkylation sites (tertiary alicyclic amines) is 2. The van der Waals surface area contributed by atoms with Crippen LogP contribution in [-0.4, -0.2) is 54.4 Å². The molecule has 0 aliphatic carbocycles. The van der Waals surface area contributed by atoms with Gasteiger partial charge in [-0.25, -0.2) is 4.99 Å². The molecule has 0 spiro atoms. The molecule has 2 heterocycles. The highest BCUT2D eigenvalue weighted by Crippen LogP contribution is 2.21. The first kappa shape index (κ1) is 18.7. The lowest BCUT2D eigenvalue weighted by molar-refractivity contribution is -0.131. The summed E-state index contributed by atoms with van der Waals surface area (Å²) in [6, 6.07) is 10.6. The Morgan fingerprint density at radius 3 is 2.31 bits per heavy atom. The van der Waals surface area contributed by atoms with Gasteiger partial charge in [0.25, 0.3) is 0 Å². The van der Waals surface area contributed by atoms with Crippen LogP contribution in [0.25, 0.3) is 0 Å². The first-order valence-corrected chi connectivity index (χ1v) is 9.98. The van der Waals surface area contributed by atoms with Gasteiger partial charge in [0.1, 0.15) is 6.54 Å². The summed E-state index contributed by atoms with van der Waals surface area (Å²) in [5.41, 5.74) is 7.48. The van der Waals surface area contributed by atoms with Crippen molar-refractivity contribution in [2.24, 2.45) is 22.6 Å². The largest absolute Gasteiger partial charge is 0.370 e. The number of carbonyl (C=O) groups is 1. The van der Waals surface area contributed by atoms with Crippen molar-refractivity contribution < 1.29 is 4.79 Å². The summed E-state index contributed by atoms with van der Waals surface area (Å²) < 4.78 is 0. The molecule has 1 amide bonds. The van der Waals surface area contributed by atoms with Gasteiger partial charge in [-0.3, -0.25) is 4.79 Å². The number of amides is 1. The Morgan fingerprint density at radius 1 is 1.04 bits per heavy atom. The van der Waals surface area contributed by atoms with E-state index >= 15 is 0 Å². The van der Waals surface area contributed by atoms with Crippen molar-refractivity contribution in [2.75, 3.05) is 32.7 Å². The minimum absolute atomic E-state index is 0.108. The Kier molecular flexibility index (Phi) is 6.53. The third kappa shape index (κ3) is 5.23. The zero-order chi connectivity index (χ0) is 18.4. The number of benzene rings is 1. The number of carbonyl (C=O) groups excluding carboxylic acids is 1. The van der Waals surface area contributed by atoms with Gasteiger partial charge in [0.15, 0.2) is 5.96 Å². The van der Waals surface area contributed by atoms with Crippen LogP contribution in [0.2, 0.25) is 0 Å². The van der Waals surface area contributed by atoms with E-state index in [1.54, 1.807) is 0 Å². The quantitative estimate of drug-likeness (QED) is 0.666. The fraction of sp³-hybridized carbons (Fsp3) is 0.619. The molecule has 2 fully saturated rings. The molecule has 1 aromatic rings. The molecule has 5 heteroatoms. The zero-order valence-electron chi connectivity index (χ0n) is 15.9. The monoisotopic (exact) mass is 356 g/mol. The Labute approximate surface area is 157 Å². The van der Waals surface area contributed by atoms with Crippen LogP contribution in [0.3, 0.4) is 0 Å². The minimum Gasteiger partial charge on any atom is -0.370 e. The third-order valence-electron chi connectivity index (χ3n) is 5.82. The molecule has 2 aliphatic heterocycles. The van der Waals surface area contributed by atoms with Gasteiger partial charge in [-0.15, -0.1) is 0 Å². The molecule has 26 heavy (non-hydrogen) atoms. The normalized spacial score (nSPS) is 20.4. The summed E-state index contributed by atoms with van der Waals surface area (Å²) in [4.78, 5) is 20.9. The van der Waals surface area contributed by atoms with Gasteiger partial charge in [-0.2, -0.15) is 0 Å². The van der Waals surface area contributed by atoms with E-state index < -0.39 is 0 Å². The van der Waals surface area contributed by atoms with Crippen LogP contribution >= 0.6 is 0 Å². The minimum atomic E-state index is 0.108. The fourth-order valence-corrected chi connectivity index (χ4v) is 3.92. The highest BCUT2D eigenvalue weighted by Gasteiger charge is 2.23. The van der Waals surface area contributed by atoms with E-state index in [9.17, 15) is 4.79 Å². The lowest BCUT2D eigenvalue weighted by atomic mass is 9.90. The molecule has 0 saturated carbocycles. The maximum Gasteiger partial charge on any atom is 0.244 e. The van der Waals surface area contributed by atoms with Crippen molar-refractivity contribution >= 4 is 11.9 Å². The number of aliphatic imine (C=N–C) groups is 1. The van der Waals surface area contributed by atoms with E-state index in [1.165, 1.54) is 5.56 Å². The van der Waals surface area contributed by atoms with E-state index in [4.69, 9.17) is 5.73 Å². The molecule has 0 unspecified atom stereocenters. The molecule has 2 N–H and O–H groups in total. The van der Waals surface area contributed by atoms with Gasteiger partial charge in [-0.05, 0) is 49.5 Å². The van der Waals surface area contributed by atoms with E-state index in [1.807, 2.05) is 4.90 Å². The van der Waals surface area contributed by atoms with Crippen LogP contribution in [0.15, 0.2) is 35.3 Å². The number of rotatable bonds is 4. The van der Waals surface area contributed by atoms with Crippen LogP contribution < -0.4 is 5.73 Å². The van der Waals surface area contributed by atoms with Crippen molar-refractivity contribution in [3.63, 3.8) is 0 Å². The standard InChI is InChI=1S/C21H32N4O/c1-17-7-11-25(12-8-17)21(22)23-16-20(26)24-13-9-19(10-14-24)15-18-5-3-2-4-6-18/h2-6,17,19H,7-16H2,1H3,(H2,22,23). The SMILES string of the molecule is CC1CCN(C(N)=NCC(=O)N2CCC(Cc3ccccc3)CC2)CC1. The van der Waals surface area contributed by atoms with Gasteiger partial charge >= 0.3 is 0 Å². The highest BCUT2D eigenvalue weighted by molar-refractivity contribution is 5.84. The first-order valence-electron chi connectivity index (χ1n) is 9.98. The van der Waals surface area contributed by atoms with Crippen LogP contribution in [0.5, 0.6) is 0 Å². The summed E-state index contributed by atoms with van der Waals surface area (Å²) in [6.07, 6.45) is 5.56. The van der Waals surface area contributed by atoms with E-state index in [2.05, 4.69) is 47.1 Å². The van der Waals surface area contributed by atoms with E-state index in [-0.39, 0.29) is 12.5 Å². The number of nitrogens with zero attached hydrogens (tertiary/aromatic N) is 3. The third-order valence-corrected chi connectivity index (χ3v) is 5.82. The predicted molar refractivity (Wildman–Crippen MR) is 106 cm³/mol. The summed E-state index contributed by atoms with van der Waals surface area (Å²) in [7, 11) is 0. The zero-order valence-corrected chi connectivity index (χ0v) is 15.9. The Balaban J connectivity index is 1.41. The van der Waals surface area contributed by atoms with Crippen LogP contribution in [0.1, 0.15) is 38.2 Å². The lowest BCUT2D eigenvalue weighted by Crippen LogP contribution is -2.44. The van der Waals surface area contributed by atoms with Gasteiger partial charge < -0.3 is 15.5 Å². The van der Waals surface area contributed by atoms with E-state index in [0.29, 0.717) is 11.9 Å². The smallest absolute Gasteiger partial charge is 0.244 e. The number of nitrogens with two attached hydrogens (primary N) is 1. The van der Waals surface area contributed by atoms with Gasteiger partial charge in [0, 0.05) is 26.2 Å². The van der Waals surface area contributed by atoms with Crippen molar-refractivity contribution in [3.05, 3.63) is 35.9 Å². The van der Waals surface area contributed by atoms with Crippen molar-refractivity contribution in [1.29, 1.82) is 0 Å².